The number of carbonyl (C=O) groups excluding carboxylic acids is 1. The van der Waals surface area contributed by atoms with Gasteiger partial charge < -0.3 is 14.4 Å². The predicted octanol–water partition coefficient (Wildman–Crippen LogP) is -9.36. The Balaban J connectivity index is 1.72. The number of hydrogen-bond donors (Lipinski definition) is 0. The van der Waals surface area contributed by atoms with E-state index in [1.165, 1.54) is 0 Å². The molecule has 1 amide bonds. The van der Waals surface area contributed by atoms with E-state index in [-0.39, 0.29) is 70.2 Å². The smallest absolute Gasteiger partial charge is 0.348 e. The summed E-state index contributed by atoms with van der Waals surface area (Å²) in [6.07, 6.45) is -4.11. The number of hydrogen-bond acceptors (Lipinski definition) is 5. The lowest BCUT2D eigenvalue weighted by atomic mass is 9.48. The number of alkyl halides is 3. The number of fused-ring (bicyclic) bond motifs is 1. The first-order chi connectivity index (χ1) is 29.1. The molecular formula is C36H22B16F4N4O2S. The molecule has 0 spiro atoms. The standard InChI is InChI=1S/C36H22B16F4N4O2S/c1-3-58(4-2)8-9-59(34(49,50)16-24(43)20(39)14(21(40)25(16)44)15-22(41)26(45)17(36(54,55)56)27(46)23(15)42)32(62)35(51,52)60-13-7-5-6-11(13)31(61)57-33(60)63-10-12-18(37)28(47)30(53)29(48)19(12)38/h3-10H2,1-2H3. The van der Waals surface area contributed by atoms with E-state index in [0.717, 1.165) is 21.2 Å². The van der Waals surface area contributed by atoms with E-state index >= 15 is 4.79 Å². The summed E-state index contributed by atoms with van der Waals surface area (Å²) in [4.78, 5) is 35.6. The summed E-state index contributed by atoms with van der Waals surface area (Å²) in [5, 5.41) is -5.46. The Kier molecular flexibility index (Phi) is 15.2. The van der Waals surface area contributed by atoms with E-state index in [1.807, 2.05) is 18.7 Å². The molecule has 0 N–H and O–H groups in total. The van der Waals surface area contributed by atoms with E-state index in [4.69, 9.17) is 126 Å². The van der Waals surface area contributed by atoms with E-state index in [2.05, 4.69) is 4.98 Å². The lowest BCUT2D eigenvalue weighted by Gasteiger charge is -2.48. The first-order valence-corrected chi connectivity index (χ1v) is 20.1. The molecule has 1 aromatic heterocycles. The summed E-state index contributed by atoms with van der Waals surface area (Å²) in [5.41, 5.74) is -9.47. The number of thioether (sulfide) groups is 1. The van der Waals surface area contributed by atoms with Crippen LogP contribution in [0.5, 0.6) is 0 Å². The summed E-state index contributed by atoms with van der Waals surface area (Å²) < 4.78 is 57.6. The summed E-state index contributed by atoms with van der Waals surface area (Å²) in [5.74, 6) is -2.39. The minimum Gasteiger partial charge on any atom is -0.348 e. The van der Waals surface area contributed by atoms with Crippen molar-refractivity contribution >= 4 is 209 Å². The molecule has 0 aliphatic heterocycles. The van der Waals surface area contributed by atoms with Gasteiger partial charge in [-0.1, -0.05) is 102 Å². The molecule has 6 nitrogen and oxygen atoms in total. The highest BCUT2D eigenvalue weighted by Crippen LogP contribution is 2.33. The van der Waals surface area contributed by atoms with Gasteiger partial charge in [-0.05, 0) is 48.8 Å². The highest BCUT2D eigenvalue weighted by atomic mass is 32.2. The maximum absolute atomic E-state index is 15.2. The van der Waals surface area contributed by atoms with Crippen LogP contribution in [0, 0.1) is 5.82 Å². The van der Waals surface area contributed by atoms with Crippen LogP contribution >= 0.6 is 11.8 Å². The average molecular weight is 824 g/mol. The third-order valence-corrected chi connectivity index (χ3v) is 12.3. The molecule has 63 heavy (non-hydrogen) atoms. The fraction of sp³-hybridized carbons (Fsp3) is 0.361. The number of benzene rings is 3. The van der Waals surface area contributed by atoms with Crippen LogP contribution in [0.25, 0.3) is 11.1 Å². The van der Waals surface area contributed by atoms with Crippen molar-refractivity contribution in [1.82, 2.24) is 19.4 Å². The number of aromatic nitrogens is 2. The van der Waals surface area contributed by atoms with E-state index in [1.54, 1.807) is 0 Å². The van der Waals surface area contributed by atoms with Crippen LogP contribution in [0.1, 0.15) is 48.2 Å². The zero-order valence-corrected chi connectivity index (χ0v) is 35.2. The normalized spacial score (nSPS) is 13.1. The number of halogens is 4. The summed E-state index contributed by atoms with van der Waals surface area (Å²) in [6.45, 7) is 4.52. The Hall–Kier alpha value is -2.92. The Labute approximate surface area is 390 Å². The monoisotopic (exact) mass is 826 g/mol. The Morgan fingerprint density at radius 3 is 1.59 bits per heavy atom. The van der Waals surface area contributed by atoms with E-state index < -0.39 is 105 Å². The zero-order valence-electron chi connectivity index (χ0n) is 34.4. The first kappa shape index (κ1) is 51.1. The molecule has 0 unspecified atom stereocenters. The average Bonchev–Trinajstić information content (AvgIpc) is 3.70. The number of likely N-dealkylation sites (N-methyl/N-ethyl adjacent to an activating group) is 1. The van der Waals surface area contributed by atoms with Crippen molar-refractivity contribution in [3.05, 3.63) is 44.1 Å². The highest BCUT2D eigenvalue weighted by Gasteiger charge is 2.44. The Bertz CT molecular complexity index is 2500. The summed E-state index contributed by atoms with van der Waals surface area (Å²) >= 11 is 0.815. The van der Waals surface area contributed by atoms with Gasteiger partial charge in [0.2, 0.25) is 5.91 Å². The molecule has 32 radical (unpaired) electrons. The lowest BCUT2D eigenvalue weighted by molar-refractivity contribution is -0.137. The number of amides is 1. The fourth-order valence-electron chi connectivity index (χ4n) is 7.76. The van der Waals surface area contributed by atoms with Gasteiger partial charge in [0.15, 0.2) is 5.16 Å². The minimum atomic E-state index is -5.06. The SMILES string of the molecule is [B]c1c([B])c(CSc2nc(=O)c3c(n2C([B])([B])C(=O)N(CCN(CC)CC)C([B])([B])c2c([B])c([B])c(-c4c([B])c([B])c(C(F)(F)F)c([B])c4[B])c([B])c2[B])CCC3)c([B])c([B])c1F. The van der Waals surface area contributed by atoms with Crippen LogP contribution in [0.15, 0.2) is 9.95 Å². The van der Waals surface area contributed by atoms with Crippen molar-refractivity contribution in [2.45, 2.75) is 60.9 Å². The second-order valence-electron chi connectivity index (χ2n) is 15.0. The molecule has 0 bridgehead atoms. The lowest BCUT2D eigenvalue weighted by Crippen LogP contribution is -2.65. The largest absolute Gasteiger partial charge is 0.415 e. The summed E-state index contributed by atoms with van der Waals surface area (Å²) in [6, 6.07) is 0. The molecule has 0 saturated carbocycles. The maximum atomic E-state index is 15.2. The quantitative estimate of drug-likeness (QED) is 0.0582. The van der Waals surface area contributed by atoms with Gasteiger partial charge in [0, 0.05) is 41.0 Å². The van der Waals surface area contributed by atoms with Gasteiger partial charge in [0.25, 0.3) is 5.56 Å². The van der Waals surface area contributed by atoms with Crippen LogP contribution < -0.4 is 71.1 Å². The molecule has 1 aliphatic carbocycles. The van der Waals surface area contributed by atoms with E-state index in [9.17, 15) is 22.4 Å². The Morgan fingerprint density at radius 1 is 0.683 bits per heavy atom. The third kappa shape index (κ3) is 8.90. The van der Waals surface area contributed by atoms with Gasteiger partial charge in [0.1, 0.15) is 116 Å². The fourth-order valence-corrected chi connectivity index (χ4v) is 8.89. The second kappa shape index (κ2) is 18.8. The molecule has 280 valence electrons. The maximum Gasteiger partial charge on any atom is 0.415 e. The van der Waals surface area contributed by atoms with Crippen LogP contribution in [0.3, 0.4) is 0 Å². The zero-order chi connectivity index (χ0) is 47.6. The van der Waals surface area contributed by atoms with E-state index in [0.29, 0.717) is 19.5 Å². The molecule has 3 aromatic carbocycles. The molecule has 27 heteroatoms. The van der Waals surface area contributed by atoms with Crippen LogP contribution in [0.4, 0.5) is 17.6 Å². The van der Waals surface area contributed by atoms with Crippen molar-refractivity contribution in [1.29, 1.82) is 0 Å². The van der Waals surface area contributed by atoms with Gasteiger partial charge in [-0.3, -0.25) is 9.59 Å². The van der Waals surface area contributed by atoms with Crippen molar-refractivity contribution in [2.24, 2.45) is 0 Å². The highest BCUT2D eigenvalue weighted by molar-refractivity contribution is 7.98. The first-order valence-electron chi connectivity index (χ1n) is 19.1. The Morgan fingerprint density at radius 2 is 1.14 bits per heavy atom. The molecule has 0 saturated heterocycles. The van der Waals surface area contributed by atoms with Gasteiger partial charge in [-0.2, -0.15) is 18.2 Å². The van der Waals surface area contributed by atoms with Gasteiger partial charge in [-0.15, -0.1) is 0 Å². The van der Waals surface area contributed by atoms with Gasteiger partial charge in [-0.25, -0.2) is 4.39 Å². The van der Waals surface area contributed by atoms with Crippen LogP contribution in [0.2, 0.25) is 0 Å². The van der Waals surface area contributed by atoms with Crippen LogP contribution in [-0.2, 0) is 40.2 Å². The summed E-state index contributed by atoms with van der Waals surface area (Å²) in [7, 11) is 102. The molecule has 0 atom stereocenters. The molecule has 4 aromatic rings. The third-order valence-electron chi connectivity index (χ3n) is 11.3. The van der Waals surface area contributed by atoms with Gasteiger partial charge >= 0.3 is 6.18 Å². The number of rotatable bonds is 13. The van der Waals surface area contributed by atoms with Crippen molar-refractivity contribution in [3.8, 4) is 11.1 Å². The van der Waals surface area contributed by atoms with Gasteiger partial charge in [0.05, 0.1) is 15.7 Å². The second-order valence-corrected chi connectivity index (χ2v) is 15.9. The number of nitrogens with zero attached hydrogens (tertiary/aromatic N) is 4. The van der Waals surface area contributed by atoms with Crippen LogP contribution in [-0.4, -0.2) is 177 Å². The molecule has 1 aliphatic rings. The molecule has 5 rings (SSSR count). The molecular weight excluding hydrogens is 801 g/mol. The van der Waals surface area contributed by atoms with Crippen molar-refractivity contribution in [2.75, 3.05) is 26.2 Å². The topological polar surface area (TPSA) is 58.4 Å². The minimum absolute atomic E-state index is 0.0993. The van der Waals surface area contributed by atoms with Crippen molar-refractivity contribution in [3.63, 3.8) is 0 Å². The number of carbonyl (C=O) groups is 1. The van der Waals surface area contributed by atoms with Crippen molar-refractivity contribution < 1.29 is 22.4 Å². The molecule has 0 fully saturated rings. The molecule has 1 heterocycles. The predicted molar refractivity (Wildman–Crippen MR) is 260 cm³/mol.